The Morgan fingerprint density at radius 3 is 2.06 bits per heavy atom. The molecule has 2 N–H and O–H groups in total. The van der Waals surface area contributed by atoms with E-state index in [1.165, 1.54) is 0 Å². The third kappa shape index (κ3) is 1.98. The van der Waals surface area contributed by atoms with Crippen LogP contribution in [0.25, 0.3) is 11.1 Å². The van der Waals surface area contributed by atoms with Gasteiger partial charge in [0.25, 0.3) is 0 Å². The van der Waals surface area contributed by atoms with Crippen LogP contribution in [0.15, 0.2) is 30.3 Å². The normalized spacial score (nSPS) is 10.5. The van der Waals surface area contributed by atoms with Gasteiger partial charge in [0.05, 0.1) is 5.56 Å². The number of hydrogen-bond donors (Lipinski definition) is 2. The molecule has 0 aliphatic heterocycles. The highest BCUT2D eigenvalue weighted by atomic mass is 16.3. The van der Waals surface area contributed by atoms with E-state index in [1.54, 1.807) is 18.2 Å². The van der Waals surface area contributed by atoms with E-state index in [0.29, 0.717) is 5.56 Å². The largest absolute Gasteiger partial charge is 0.507 e. The molecule has 2 rings (SSSR count). The molecule has 88 valence electrons. The van der Waals surface area contributed by atoms with Crippen molar-refractivity contribution in [1.82, 2.24) is 0 Å². The van der Waals surface area contributed by atoms with Gasteiger partial charge in [0.1, 0.15) is 11.5 Å². The van der Waals surface area contributed by atoms with Gasteiger partial charge in [0.15, 0.2) is 0 Å². The van der Waals surface area contributed by atoms with Crippen LogP contribution in [-0.2, 0) is 0 Å². The van der Waals surface area contributed by atoms with Gasteiger partial charge in [-0.2, -0.15) is 0 Å². The SMILES string of the molecule is Cc1cc(C)c(C)c(-c2c(O)cccc2O)c1. The topological polar surface area (TPSA) is 40.5 Å². The summed E-state index contributed by atoms with van der Waals surface area (Å²) in [4.78, 5) is 0. The van der Waals surface area contributed by atoms with Crippen molar-refractivity contribution in [2.24, 2.45) is 0 Å². The zero-order valence-electron chi connectivity index (χ0n) is 10.3. The molecule has 0 aliphatic carbocycles. The fourth-order valence-corrected chi connectivity index (χ4v) is 2.10. The number of phenols is 2. The molecule has 0 unspecified atom stereocenters. The van der Waals surface area contributed by atoms with Crippen LogP contribution in [0.4, 0.5) is 0 Å². The van der Waals surface area contributed by atoms with E-state index in [0.717, 1.165) is 22.3 Å². The van der Waals surface area contributed by atoms with Gasteiger partial charge in [-0.25, -0.2) is 0 Å². The predicted molar refractivity (Wildman–Crippen MR) is 69.4 cm³/mol. The Labute approximate surface area is 101 Å². The maximum absolute atomic E-state index is 9.89. The predicted octanol–water partition coefficient (Wildman–Crippen LogP) is 3.69. The maximum Gasteiger partial charge on any atom is 0.127 e. The molecule has 0 aromatic heterocycles. The van der Waals surface area contributed by atoms with E-state index in [4.69, 9.17) is 0 Å². The number of aromatic hydroxyl groups is 2. The van der Waals surface area contributed by atoms with Crippen molar-refractivity contribution in [2.45, 2.75) is 20.8 Å². The third-order valence-corrected chi connectivity index (χ3v) is 3.10. The lowest BCUT2D eigenvalue weighted by molar-refractivity contribution is 0.454. The van der Waals surface area contributed by atoms with Crippen molar-refractivity contribution < 1.29 is 10.2 Å². The van der Waals surface area contributed by atoms with E-state index in [9.17, 15) is 10.2 Å². The van der Waals surface area contributed by atoms with Crippen LogP contribution < -0.4 is 0 Å². The minimum absolute atomic E-state index is 0.109. The lowest BCUT2D eigenvalue weighted by Gasteiger charge is -2.13. The molecule has 2 heteroatoms. The summed E-state index contributed by atoms with van der Waals surface area (Å²) in [6, 6.07) is 8.89. The van der Waals surface area contributed by atoms with Crippen LogP contribution in [0.5, 0.6) is 11.5 Å². The van der Waals surface area contributed by atoms with Gasteiger partial charge >= 0.3 is 0 Å². The van der Waals surface area contributed by atoms with Gasteiger partial charge in [-0.05, 0) is 49.6 Å². The molecule has 0 spiro atoms. The maximum atomic E-state index is 9.89. The minimum Gasteiger partial charge on any atom is -0.507 e. The Kier molecular flexibility index (Phi) is 2.80. The monoisotopic (exact) mass is 228 g/mol. The Bertz CT molecular complexity index is 551. The molecule has 0 saturated carbocycles. The second-order valence-corrected chi connectivity index (χ2v) is 4.43. The standard InChI is InChI=1S/C15H16O2/c1-9-7-10(2)11(3)12(8-9)15-13(16)5-4-6-14(15)17/h4-8,16-17H,1-3H3. The minimum atomic E-state index is 0.109. The smallest absolute Gasteiger partial charge is 0.127 e. The molecule has 0 bridgehead atoms. The first-order chi connectivity index (χ1) is 8.00. The van der Waals surface area contributed by atoms with Crippen LogP contribution in [-0.4, -0.2) is 10.2 Å². The van der Waals surface area contributed by atoms with Crippen molar-refractivity contribution >= 4 is 0 Å². The van der Waals surface area contributed by atoms with Gasteiger partial charge in [-0.15, -0.1) is 0 Å². The van der Waals surface area contributed by atoms with E-state index in [2.05, 4.69) is 6.07 Å². The van der Waals surface area contributed by atoms with E-state index >= 15 is 0 Å². The first-order valence-electron chi connectivity index (χ1n) is 5.60. The van der Waals surface area contributed by atoms with E-state index in [1.807, 2.05) is 26.8 Å². The summed E-state index contributed by atoms with van der Waals surface area (Å²) >= 11 is 0. The Balaban J connectivity index is 2.77. The van der Waals surface area contributed by atoms with Crippen molar-refractivity contribution in [3.63, 3.8) is 0 Å². The van der Waals surface area contributed by atoms with Crippen LogP contribution in [0, 0.1) is 20.8 Å². The molecule has 17 heavy (non-hydrogen) atoms. The van der Waals surface area contributed by atoms with Crippen molar-refractivity contribution in [3.05, 3.63) is 47.0 Å². The van der Waals surface area contributed by atoms with E-state index < -0.39 is 0 Å². The lowest BCUT2D eigenvalue weighted by Crippen LogP contribution is -1.90. The fourth-order valence-electron chi connectivity index (χ4n) is 2.10. The Hall–Kier alpha value is -1.96. The molecular formula is C15H16O2. The molecule has 2 nitrogen and oxygen atoms in total. The van der Waals surface area contributed by atoms with Gasteiger partial charge in [0.2, 0.25) is 0 Å². The molecule has 0 heterocycles. The summed E-state index contributed by atoms with van der Waals surface area (Å²) < 4.78 is 0. The fraction of sp³-hybridized carbons (Fsp3) is 0.200. The van der Waals surface area contributed by atoms with Gasteiger partial charge in [-0.1, -0.05) is 23.8 Å². The Morgan fingerprint density at radius 2 is 1.47 bits per heavy atom. The highest BCUT2D eigenvalue weighted by Gasteiger charge is 2.13. The number of benzene rings is 2. The second kappa shape index (κ2) is 4.13. The molecule has 0 fully saturated rings. The highest BCUT2D eigenvalue weighted by Crippen LogP contribution is 2.39. The number of hydrogen-bond acceptors (Lipinski definition) is 2. The lowest BCUT2D eigenvalue weighted by atomic mass is 9.93. The number of phenolic OH excluding ortho intramolecular Hbond substituents is 2. The number of rotatable bonds is 1. The van der Waals surface area contributed by atoms with Gasteiger partial charge < -0.3 is 10.2 Å². The average molecular weight is 228 g/mol. The van der Waals surface area contributed by atoms with E-state index in [-0.39, 0.29) is 11.5 Å². The van der Waals surface area contributed by atoms with Crippen molar-refractivity contribution in [3.8, 4) is 22.6 Å². The molecule has 0 aliphatic rings. The molecule has 2 aromatic carbocycles. The summed E-state index contributed by atoms with van der Waals surface area (Å²) in [6.07, 6.45) is 0. The quantitative estimate of drug-likeness (QED) is 0.781. The summed E-state index contributed by atoms with van der Waals surface area (Å²) in [7, 11) is 0. The summed E-state index contributed by atoms with van der Waals surface area (Å²) in [5.74, 6) is 0.219. The summed E-state index contributed by atoms with van der Waals surface area (Å²) in [5.41, 5.74) is 4.75. The molecule has 0 atom stereocenters. The molecule has 0 saturated heterocycles. The van der Waals surface area contributed by atoms with Crippen LogP contribution in [0.3, 0.4) is 0 Å². The zero-order valence-corrected chi connectivity index (χ0v) is 10.3. The summed E-state index contributed by atoms with van der Waals surface area (Å²) in [5, 5.41) is 19.8. The molecule has 0 amide bonds. The zero-order chi connectivity index (χ0) is 12.6. The highest BCUT2D eigenvalue weighted by molar-refractivity contribution is 5.79. The first kappa shape index (κ1) is 11.5. The van der Waals surface area contributed by atoms with Crippen LogP contribution in [0.1, 0.15) is 16.7 Å². The first-order valence-corrected chi connectivity index (χ1v) is 5.60. The second-order valence-electron chi connectivity index (χ2n) is 4.43. The average Bonchev–Trinajstić information content (AvgIpc) is 2.24. The Morgan fingerprint density at radius 1 is 0.882 bits per heavy atom. The van der Waals surface area contributed by atoms with Crippen LogP contribution >= 0.6 is 0 Å². The molecular weight excluding hydrogens is 212 g/mol. The van der Waals surface area contributed by atoms with Crippen molar-refractivity contribution in [2.75, 3.05) is 0 Å². The van der Waals surface area contributed by atoms with Crippen LogP contribution in [0.2, 0.25) is 0 Å². The molecule has 0 radical (unpaired) electrons. The van der Waals surface area contributed by atoms with Gasteiger partial charge in [-0.3, -0.25) is 0 Å². The molecule has 2 aromatic rings. The number of aryl methyl sites for hydroxylation is 2. The van der Waals surface area contributed by atoms with Gasteiger partial charge in [0, 0.05) is 0 Å². The third-order valence-electron chi connectivity index (χ3n) is 3.10. The van der Waals surface area contributed by atoms with Crippen molar-refractivity contribution in [1.29, 1.82) is 0 Å². The summed E-state index contributed by atoms with van der Waals surface area (Å²) in [6.45, 7) is 6.03.